The van der Waals surface area contributed by atoms with Gasteiger partial charge in [-0.3, -0.25) is 14.2 Å². The van der Waals surface area contributed by atoms with Gasteiger partial charge in [0.2, 0.25) is 0 Å². The largest absolute Gasteiger partial charge is 0.329 e. The second kappa shape index (κ2) is 10.4. The average Bonchev–Trinajstić information content (AvgIpc) is 2.85. The lowest BCUT2D eigenvalue weighted by Gasteiger charge is -2.30. The fraction of sp³-hybridized carbons (Fsp3) is 0.222. The molecule has 4 aromatic rings. The van der Waals surface area contributed by atoms with E-state index in [1.54, 1.807) is 42.2 Å². The van der Waals surface area contributed by atoms with Crippen molar-refractivity contribution in [2.24, 2.45) is 0 Å². The van der Waals surface area contributed by atoms with Gasteiger partial charge in [-0.25, -0.2) is 13.8 Å². The number of benzene rings is 3. The monoisotopic (exact) mass is 495 g/mol. The summed E-state index contributed by atoms with van der Waals surface area (Å²) in [7, 11) is 0. The van der Waals surface area contributed by atoms with Crippen molar-refractivity contribution >= 4 is 28.4 Å². The van der Waals surface area contributed by atoms with Gasteiger partial charge >= 0.3 is 0 Å². The number of rotatable bonds is 7. The summed E-state index contributed by atoms with van der Waals surface area (Å²) in [6.45, 7) is 4.14. The lowest BCUT2D eigenvalue weighted by Crippen LogP contribution is -2.38. The van der Waals surface area contributed by atoms with Gasteiger partial charge in [0.05, 0.1) is 27.7 Å². The molecule has 8 heteroatoms. The first kappa shape index (κ1) is 24.5. The number of halogens is 3. The standard InChI is InChI=1S/C27H24ClF2N3O2/c1-3-4-14-32(26(34)18-8-7-9-19(29)15-18)17(2)25-31-24-11-6-5-10-21(24)27(35)33(25)20-12-13-23(30)22(28)16-20/h5-13,15-17H,3-4,14H2,1-2H3. The highest BCUT2D eigenvalue weighted by atomic mass is 35.5. The van der Waals surface area contributed by atoms with Crippen molar-refractivity contribution in [3.05, 3.63) is 105 Å². The third-order valence-electron chi connectivity index (χ3n) is 5.89. The first-order valence-electron chi connectivity index (χ1n) is 11.4. The van der Waals surface area contributed by atoms with E-state index < -0.39 is 17.7 Å². The van der Waals surface area contributed by atoms with E-state index in [9.17, 15) is 18.4 Å². The topological polar surface area (TPSA) is 55.2 Å². The van der Waals surface area contributed by atoms with E-state index in [4.69, 9.17) is 16.6 Å². The van der Waals surface area contributed by atoms with E-state index in [-0.39, 0.29) is 27.9 Å². The molecule has 0 N–H and O–H groups in total. The van der Waals surface area contributed by atoms with Gasteiger partial charge in [-0.05, 0) is 61.9 Å². The predicted octanol–water partition coefficient (Wildman–Crippen LogP) is 6.32. The van der Waals surface area contributed by atoms with E-state index >= 15 is 0 Å². The number of fused-ring (bicyclic) bond motifs is 1. The molecular formula is C27H24ClF2N3O2. The van der Waals surface area contributed by atoms with Gasteiger partial charge < -0.3 is 4.90 Å². The number of carbonyl (C=O) groups is 1. The molecule has 1 atom stereocenters. The van der Waals surface area contributed by atoms with Crippen molar-refractivity contribution in [2.75, 3.05) is 6.54 Å². The summed E-state index contributed by atoms with van der Waals surface area (Å²) in [5.74, 6) is -1.22. The first-order valence-corrected chi connectivity index (χ1v) is 11.7. The minimum absolute atomic E-state index is 0.139. The summed E-state index contributed by atoms with van der Waals surface area (Å²) < 4.78 is 29.1. The quantitative estimate of drug-likeness (QED) is 0.301. The highest BCUT2D eigenvalue weighted by molar-refractivity contribution is 6.30. The van der Waals surface area contributed by atoms with Crippen LogP contribution in [0.1, 0.15) is 48.9 Å². The SMILES string of the molecule is CCCCN(C(=O)c1cccc(F)c1)C(C)c1nc2ccccc2c(=O)n1-c1ccc(F)c(Cl)c1. The third kappa shape index (κ3) is 4.95. The minimum Gasteiger partial charge on any atom is -0.329 e. The summed E-state index contributed by atoms with van der Waals surface area (Å²) in [5, 5.41) is 0.236. The van der Waals surface area contributed by atoms with Crippen molar-refractivity contribution in [3.63, 3.8) is 0 Å². The summed E-state index contributed by atoms with van der Waals surface area (Å²) in [5.41, 5.74) is 0.633. The van der Waals surface area contributed by atoms with Gasteiger partial charge in [-0.1, -0.05) is 43.1 Å². The van der Waals surface area contributed by atoms with Crippen LogP contribution >= 0.6 is 11.6 Å². The molecule has 5 nitrogen and oxygen atoms in total. The number of aromatic nitrogens is 2. The van der Waals surface area contributed by atoms with Crippen molar-refractivity contribution < 1.29 is 13.6 Å². The first-order chi connectivity index (χ1) is 16.8. The van der Waals surface area contributed by atoms with Crippen molar-refractivity contribution in [3.8, 4) is 5.69 Å². The molecule has 1 amide bonds. The van der Waals surface area contributed by atoms with Crippen molar-refractivity contribution in [1.82, 2.24) is 14.5 Å². The molecule has 0 aliphatic heterocycles. The Balaban J connectivity index is 1.92. The number of carbonyl (C=O) groups excluding carboxylic acids is 1. The van der Waals surface area contributed by atoms with Crippen LogP contribution in [0.25, 0.3) is 16.6 Å². The molecule has 0 bridgehead atoms. The Labute approximate surface area is 206 Å². The Morgan fingerprint density at radius 2 is 1.86 bits per heavy atom. The minimum atomic E-state index is -0.668. The summed E-state index contributed by atoms with van der Waals surface area (Å²) >= 11 is 6.03. The number of nitrogens with zero attached hydrogens (tertiary/aromatic N) is 3. The second-order valence-corrected chi connectivity index (χ2v) is 8.67. The Morgan fingerprint density at radius 1 is 1.09 bits per heavy atom. The van der Waals surface area contributed by atoms with Crippen LogP contribution in [0.3, 0.4) is 0 Å². The lowest BCUT2D eigenvalue weighted by molar-refractivity contribution is 0.0677. The zero-order chi connectivity index (χ0) is 25.1. The van der Waals surface area contributed by atoms with Crippen molar-refractivity contribution in [1.29, 1.82) is 0 Å². The molecule has 0 fully saturated rings. The molecule has 1 unspecified atom stereocenters. The molecule has 0 aliphatic rings. The Hall–Kier alpha value is -3.58. The Kier molecular flexibility index (Phi) is 7.26. The molecule has 0 radical (unpaired) electrons. The number of amides is 1. The molecule has 0 spiro atoms. The van der Waals surface area contributed by atoms with Gasteiger partial charge in [-0.15, -0.1) is 0 Å². The third-order valence-corrected chi connectivity index (χ3v) is 6.18. The highest BCUT2D eigenvalue weighted by Crippen LogP contribution is 2.27. The number of hydrogen-bond acceptors (Lipinski definition) is 3. The molecule has 180 valence electrons. The molecule has 35 heavy (non-hydrogen) atoms. The van der Waals surface area contributed by atoms with E-state index in [1.807, 2.05) is 6.92 Å². The van der Waals surface area contributed by atoms with E-state index in [0.29, 0.717) is 29.6 Å². The van der Waals surface area contributed by atoms with Gasteiger partial charge in [0.15, 0.2) is 0 Å². The van der Waals surface area contributed by atoms with Gasteiger partial charge in [-0.2, -0.15) is 0 Å². The van der Waals surface area contributed by atoms with Crippen LogP contribution < -0.4 is 5.56 Å². The van der Waals surface area contributed by atoms with Crippen LogP contribution in [-0.2, 0) is 0 Å². The van der Waals surface area contributed by atoms with E-state index in [1.165, 1.54) is 41.0 Å². The fourth-order valence-electron chi connectivity index (χ4n) is 4.03. The molecule has 1 aromatic heterocycles. The zero-order valence-corrected chi connectivity index (χ0v) is 20.1. The van der Waals surface area contributed by atoms with Crippen LogP contribution in [-0.4, -0.2) is 26.9 Å². The van der Waals surface area contributed by atoms with Crippen LogP contribution in [0.2, 0.25) is 5.02 Å². The summed E-state index contributed by atoms with van der Waals surface area (Å²) in [4.78, 5) is 33.4. The summed E-state index contributed by atoms with van der Waals surface area (Å²) in [6.07, 6.45) is 1.52. The molecule has 0 aliphatic carbocycles. The van der Waals surface area contributed by atoms with Crippen molar-refractivity contribution in [2.45, 2.75) is 32.7 Å². The number of para-hydroxylation sites is 1. The zero-order valence-electron chi connectivity index (χ0n) is 19.3. The van der Waals surface area contributed by atoms with E-state index in [2.05, 4.69) is 0 Å². The van der Waals surface area contributed by atoms with E-state index in [0.717, 1.165) is 6.42 Å². The van der Waals surface area contributed by atoms with Gasteiger partial charge in [0.25, 0.3) is 11.5 Å². The average molecular weight is 496 g/mol. The van der Waals surface area contributed by atoms with Crippen LogP contribution in [0.4, 0.5) is 8.78 Å². The van der Waals surface area contributed by atoms with Gasteiger partial charge in [0, 0.05) is 12.1 Å². The maximum atomic E-state index is 13.9. The summed E-state index contributed by atoms with van der Waals surface area (Å²) in [6, 6.07) is 15.7. The molecule has 0 saturated carbocycles. The Bertz CT molecular complexity index is 1450. The number of unbranched alkanes of at least 4 members (excludes halogenated alkanes) is 1. The smallest absolute Gasteiger partial charge is 0.266 e. The highest BCUT2D eigenvalue weighted by Gasteiger charge is 2.27. The molecule has 4 rings (SSSR count). The van der Waals surface area contributed by atoms with Crippen LogP contribution in [0.5, 0.6) is 0 Å². The molecule has 0 saturated heterocycles. The van der Waals surface area contributed by atoms with Crippen LogP contribution in [0, 0.1) is 11.6 Å². The van der Waals surface area contributed by atoms with Gasteiger partial charge in [0.1, 0.15) is 17.5 Å². The Morgan fingerprint density at radius 3 is 2.57 bits per heavy atom. The second-order valence-electron chi connectivity index (χ2n) is 8.26. The number of hydrogen-bond donors (Lipinski definition) is 0. The molecule has 3 aromatic carbocycles. The molecular weight excluding hydrogens is 472 g/mol. The molecule has 1 heterocycles. The van der Waals surface area contributed by atoms with Crippen LogP contribution in [0.15, 0.2) is 71.5 Å². The predicted molar refractivity (Wildman–Crippen MR) is 133 cm³/mol. The maximum Gasteiger partial charge on any atom is 0.266 e. The maximum absolute atomic E-state index is 13.9. The lowest BCUT2D eigenvalue weighted by atomic mass is 10.1. The fourth-order valence-corrected chi connectivity index (χ4v) is 4.20. The normalized spacial score (nSPS) is 12.0.